The molecule has 0 aliphatic rings. The fourth-order valence-electron chi connectivity index (χ4n) is 4.57. The molecule has 0 radical (unpaired) electrons. The first-order valence-electron chi connectivity index (χ1n) is 12.1. The van der Waals surface area contributed by atoms with Crippen LogP contribution in [0.4, 0.5) is 43.9 Å². The lowest BCUT2D eigenvalue weighted by Crippen LogP contribution is -2.49. The summed E-state index contributed by atoms with van der Waals surface area (Å²) in [5.74, 6) is -3.45. The van der Waals surface area contributed by atoms with E-state index in [0.29, 0.717) is 35.9 Å². The van der Waals surface area contributed by atoms with E-state index in [1.54, 1.807) is 6.07 Å². The molecular formula is C30H19F10NO. The number of nitrogens with one attached hydrogen (secondary N) is 1. The van der Waals surface area contributed by atoms with Gasteiger partial charge in [-0.25, -0.2) is 4.39 Å². The van der Waals surface area contributed by atoms with E-state index in [1.807, 2.05) is 0 Å². The number of carbonyl (C=O) groups is 1. The summed E-state index contributed by atoms with van der Waals surface area (Å²) in [7, 11) is 0. The van der Waals surface area contributed by atoms with Crippen molar-refractivity contribution in [3.8, 4) is 0 Å². The zero-order valence-corrected chi connectivity index (χ0v) is 21.1. The Bertz CT molecular complexity index is 1520. The van der Waals surface area contributed by atoms with Crippen LogP contribution in [0.1, 0.15) is 43.7 Å². The molecule has 2 nitrogen and oxygen atoms in total. The van der Waals surface area contributed by atoms with E-state index >= 15 is 0 Å². The molecule has 1 N–H and O–H groups in total. The minimum Gasteiger partial charge on any atom is -0.338 e. The molecule has 220 valence electrons. The van der Waals surface area contributed by atoms with Gasteiger partial charge in [-0.1, -0.05) is 60.7 Å². The molecule has 4 aromatic rings. The molecule has 1 amide bonds. The Morgan fingerprint density at radius 2 is 1.05 bits per heavy atom. The molecule has 4 rings (SSSR count). The molecular weight excluding hydrogens is 580 g/mol. The quantitative estimate of drug-likeness (QED) is 0.221. The molecule has 0 aromatic heterocycles. The van der Waals surface area contributed by atoms with E-state index in [0.717, 1.165) is 36.4 Å². The van der Waals surface area contributed by atoms with Crippen molar-refractivity contribution in [3.05, 3.63) is 142 Å². The molecule has 0 spiro atoms. The van der Waals surface area contributed by atoms with Crippen molar-refractivity contribution < 1.29 is 48.7 Å². The van der Waals surface area contributed by atoms with Crippen molar-refractivity contribution in [1.29, 1.82) is 0 Å². The average molecular weight is 599 g/mol. The Kier molecular flexibility index (Phi) is 8.12. The zero-order chi connectivity index (χ0) is 30.9. The summed E-state index contributed by atoms with van der Waals surface area (Å²) < 4.78 is 138. The van der Waals surface area contributed by atoms with Gasteiger partial charge >= 0.3 is 18.5 Å². The summed E-state index contributed by atoms with van der Waals surface area (Å²) >= 11 is 0. The first-order chi connectivity index (χ1) is 19.5. The maximum atomic E-state index is 15.0. The molecule has 12 heteroatoms. The molecule has 42 heavy (non-hydrogen) atoms. The third kappa shape index (κ3) is 6.42. The molecule has 4 aromatic carbocycles. The molecule has 0 aliphatic carbocycles. The van der Waals surface area contributed by atoms with Gasteiger partial charge in [0.2, 0.25) is 0 Å². The van der Waals surface area contributed by atoms with Gasteiger partial charge in [0.05, 0.1) is 27.8 Å². The minimum atomic E-state index is -5.19. The maximum Gasteiger partial charge on any atom is 0.419 e. The molecule has 0 atom stereocenters. The van der Waals surface area contributed by atoms with Gasteiger partial charge in [0.15, 0.2) is 0 Å². The summed E-state index contributed by atoms with van der Waals surface area (Å²) in [5.41, 5.74) is -7.91. The lowest BCUT2D eigenvalue weighted by molar-refractivity contribution is -0.140. The fourth-order valence-corrected chi connectivity index (χ4v) is 4.57. The molecule has 0 unspecified atom stereocenters. The monoisotopic (exact) mass is 599 g/mol. The normalized spacial score (nSPS) is 12.7. The van der Waals surface area contributed by atoms with Crippen LogP contribution < -0.4 is 5.32 Å². The number of rotatable bonds is 6. The minimum absolute atomic E-state index is 0.331. The SMILES string of the molecule is O=C(NC(Cc1ccccc1)(c1cccc(C(F)(F)F)c1)c1cccc(C(F)(F)F)c1)c1cccc(C(F)(F)F)c1F. The van der Waals surface area contributed by atoms with Crippen LogP contribution in [0.25, 0.3) is 0 Å². The van der Waals surface area contributed by atoms with Crippen molar-refractivity contribution in [2.24, 2.45) is 0 Å². The van der Waals surface area contributed by atoms with Crippen LogP contribution in [-0.4, -0.2) is 5.91 Å². The average Bonchev–Trinajstić information content (AvgIpc) is 2.92. The first kappa shape index (κ1) is 30.6. The van der Waals surface area contributed by atoms with Crippen molar-refractivity contribution in [2.45, 2.75) is 30.5 Å². The number of amides is 1. The van der Waals surface area contributed by atoms with Crippen molar-refractivity contribution in [3.63, 3.8) is 0 Å². The van der Waals surface area contributed by atoms with Crippen LogP contribution in [0.2, 0.25) is 0 Å². The van der Waals surface area contributed by atoms with E-state index in [-0.39, 0.29) is 11.1 Å². The standard InChI is InChI=1S/C30H19F10NO/c31-25-23(13-6-14-24(25)30(38,39)40)26(42)41-27(17-18-7-2-1-3-8-18,19-9-4-11-21(15-19)28(32,33)34)20-10-5-12-22(16-20)29(35,36)37/h1-16H,17H2,(H,41,42). The predicted octanol–water partition coefficient (Wildman–Crippen LogP) is 8.80. The number of hydrogen-bond donors (Lipinski definition) is 1. The van der Waals surface area contributed by atoms with E-state index in [1.165, 1.54) is 24.3 Å². The summed E-state index contributed by atoms with van der Waals surface area (Å²) in [5, 5.41) is 2.32. The van der Waals surface area contributed by atoms with E-state index in [2.05, 4.69) is 5.32 Å². The van der Waals surface area contributed by atoms with Gasteiger partial charge in [-0.15, -0.1) is 0 Å². The third-order valence-electron chi connectivity index (χ3n) is 6.55. The summed E-state index contributed by atoms with van der Waals surface area (Å²) in [6.45, 7) is 0. The van der Waals surface area contributed by atoms with Crippen LogP contribution in [0.5, 0.6) is 0 Å². The van der Waals surface area contributed by atoms with Gasteiger partial charge in [-0.2, -0.15) is 39.5 Å². The van der Waals surface area contributed by atoms with Gasteiger partial charge in [0.25, 0.3) is 5.91 Å². The molecule has 0 fully saturated rings. The predicted molar refractivity (Wildman–Crippen MR) is 133 cm³/mol. The second-order valence-corrected chi connectivity index (χ2v) is 9.34. The molecule has 0 bridgehead atoms. The Hall–Kier alpha value is -4.35. The fraction of sp³-hybridized carbons (Fsp3) is 0.167. The summed E-state index contributed by atoms with van der Waals surface area (Å²) in [4.78, 5) is 13.5. The van der Waals surface area contributed by atoms with Crippen molar-refractivity contribution >= 4 is 5.91 Å². The molecule has 0 saturated carbocycles. The van der Waals surface area contributed by atoms with Gasteiger partial charge < -0.3 is 5.32 Å². The van der Waals surface area contributed by atoms with E-state index < -0.39 is 64.5 Å². The Morgan fingerprint density at radius 3 is 1.52 bits per heavy atom. The van der Waals surface area contributed by atoms with Crippen molar-refractivity contribution in [1.82, 2.24) is 5.32 Å². The van der Waals surface area contributed by atoms with Gasteiger partial charge in [0, 0.05) is 6.42 Å². The largest absolute Gasteiger partial charge is 0.419 e. The highest BCUT2D eigenvalue weighted by atomic mass is 19.4. The van der Waals surface area contributed by atoms with Gasteiger partial charge in [-0.05, 0) is 53.1 Å². The topological polar surface area (TPSA) is 29.1 Å². The molecule has 0 saturated heterocycles. The highest BCUT2D eigenvalue weighted by molar-refractivity contribution is 5.95. The van der Waals surface area contributed by atoms with E-state index in [9.17, 15) is 48.7 Å². The Morgan fingerprint density at radius 1 is 0.571 bits per heavy atom. The van der Waals surface area contributed by atoms with Crippen LogP contribution in [0, 0.1) is 5.82 Å². The summed E-state index contributed by atoms with van der Waals surface area (Å²) in [6, 6.07) is 16.4. The summed E-state index contributed by atoms with van der Waals surface area (Å²) in [6.07, 6.45) is -15.5. The number of halogens is 10. The van der Waals surface area contributed by atoms with Crippen LogP contribution in [0.3, 0.4) is 0 Å². The smallest absolute Gasteiger partial charge is 0.338 e. The number of benzene rings is 4. The lowest BCUT2D eigenvalue weighted by Gasteiger charge is -2.37. The second kappa shape index (κ2) is 11.1. The van der Waals surface area contributed by atoms with Crippen molar-refractivity contribution in [2.75, 3.05) is 0 Å². The Labute approximate surface area is 232 Å². The third-order valence-corrected chi connectivity index (χ3v) is 6.55. The lowest BCUT2D eigenvalue weighted by atomic mass is 9.76. The van der Waals surface area contributed by atoms with Crippen LogP contribution in [0.15, 0.2) is 97.1 Å². The van der Waals surface area contributed by atoms with Gasteiger partial charge in [-0.3, -0.25) is 4.79 Å². The number of carbonyl (C=O) groups excluding carboxylic acids is 1. The second-order valence-electron chi connectivity index (χ2n) is 9.34. The first-order valence-corrected chi connectivity index (χ1v) is 12.1. The van der Waals surface area contributed by atoms with Crippen LogP contribution >= 0.6 is 0 Å². The molecule has 0 aliphatic heterocycles. The number of alkyl halides is 9. The maximum absolute atomic E-state index is 15.0. The highest BCUT2D eigenvalue weighted by Crippen LogP contribution is 2.40. The van der Waals surface area contributed by atoms with E-state index in [4.69, 9.17) is 0 Å². The molecule has 0 heterocycles. The highest BCUT2D eigenvalue weighted by Gasteiger charge is 2.42. The Balaban J connectivity index is 2.02. The van der Waals surface area contributed by atoms with Gasteiger partial charge in [0.1, 0.15) is 5.82 Å². The number of hydrogen-bond acceptors (Lipinski definition) is 1. The van der Waals surface area contributed by atoms with Crippen LogP contribution in [-0.2, 0) is 30.5 Å². The zero-order valence-electron chi connectivity index (χ0n) is 21.1.